The molecule has 2 aromatic rings. The molecule has 0 bridgehead atoms. The summed E-state index contributed by atoms with van der Waals surface area (Å²) in [6.07, 6.45) is 0. The molecule has 2 aromatic carbocycles. The lowest BCUT2D eigenvalue weighted by molar-refractivity contribution is 0.565. The summed E-state index contributed by atoms with van der Waals surface area (Å²) < 4.78 is 26.1. The van der Waals surface area contributed by atoms with Crippen molar-refractivity contribution in [3.05, 3.63) is 58.6 Å². The number of hydrogen-bond acceptors (Lipinski definition) is 2. The van der Waals surface area contributed by atoms with Gasteiger partial charge in [-0.05, 0) is 29.8 Å². The Balaban J connectivity index is 2.11. The van der Waals surface area contributed by atoms with Gasteiger partial charge in [-0.2, -0.15) is 0 Å². The minimum absolute atomic E-state index is 0.394. The van der Waals surface area contributed by atoms with E-state index in [1.165, 1.54) is 23.9 Å². The van der Waals surface area contributed by atoms with Gasteiger partial charge in [0, 0.05) is 27.4 Å². The molecule has 0 amide bonds. The second-order valence-electron chi connectivity index (χ2n) is 3.71. The molecular weight excluding hydrogens is 276 g/mol. The molecule has 2 N–H and O–H groups in total. The average molecular weight is 286 g/mol. The Hall–Kier alpha value is -1.26. The summed E-state index contributed by atoms with van der Waals surface area (Å²) in [5, 5.41) is 0.564. The molecule has 0 radical (unpaired) electrons. The van der Waals surface area contributed by atoms with Crippen molar-refractivity contribution < 1.29 is 8.78 Å². The first kappa shape index (κ1) is 13.2. The molecule has 0 aliphatic heterocycles. The van der Waals surface area contributed by atoms with Gasteiger partial charge in [0.2, 0.25) is 0 Å². The zero-order valence-electron chi connectivity index (χ0n) is 9.29. The fourth-order valence-corrected chi connectivity index (χ4v) is 2.56. The number of halogens is 3. The molecule has 0 spiro atoms. The van der Waals surface area contributed by atoms with Crippen molar-refractivity contribution in [3.63, 3.8) is 0 Å². The molecule has 0 saturated carbocycles. The Bertz CT molecular complexity index is 523. The molecule has 0 saturated heterocycles. The van der Waals surface area contributed by atoms with E-state index < -0.39 is 11.6 Å². The second kappa shape index (κ2) is 5.59. The van der Waals surface area contributed by atoms with Crippen LogP contribution in [0, 0.1) is 11.6 Å². The molecule has 18 heavy (non-hydrogen) atoms. The number of nitrogen functional groups attached to an aromatic ring is 1. The van der Waals surface area contributed by atoms with Gasteiger partial charge in [-0.25, -0.2) is 8.78 Å². The highest BCUT2D eigenvalue weighted by Crippen LogP contribution is 2.29. The monoisotopic (exact) mass is 285 g/mol. The molecule has 0 aliphatic rings. The number of anilines is 1. The Labute approximate surface area is 113 Å². The van der Waals surface area contributed by atoms with E-state index in [1.54, 1.807) is 18.2 Å². The van der Waals surface area contributed by atoms with Crippen molar-refractivity contribution in [2.24, 2.45) is 0 Å². The summed E-state index contributed by atoms with van der Waals surface area (Å²) in [4.78, 5) is 0.394. The second-order valence-corrected chi connectivity index (χ2v) is 5.16. The van der Waals surface area contributed by atoms with E-state index in [4.69, 9.17) is 17.3 Å². The van der Waals surface area contributed by atoms with Gasteiger partial charge >= 0.3 is 0 Å². The largest absolute Gasteiger partial charge is 0.398 e. The topological polar surface area (TPSA) is 26.0 Å². The third-order valence-electron chi connectivity index (χ3n) is 2.39. The van der Waals surface area contributed by atoms with Crippen LogP contribution in [-0.4, -0.2) is 0 Å². The highest BCUT2D eigenvalue weighted by Gasteiger charge is 2.06. The van der Waals surface area contributed by atoms with E-state index in [-0.39, 0.29) is 0 Å². The van der Waals surface area contributed by atoms with Crippen LogP contribution >= 0.6 is 23.4 Å². The third-order valence-corrected chi connectivity index (χ3v) is 3.72. The minimum Gasteiger partial charge on any atom is -0.398 e. The van der Waals surface area contributed by atoms with Crippen molar-refractivity contribution in [2.75, 3.05) is 5.73 Å². The lowest BCUT2D eigenvalue weighted by atomic mass is 10.2. The van der Waals surface area contributed by atoms with Crippen molar-refractivity contribution in [1.82, 2.24) is 0 Å². The maximum Gasteiger partial charge on any atom is 0.139 e. The maximum atomic E-state index is 13.4. The number of nitrogens with two attached hydrogens (primary N) is 1. The Kier molecular flexibility index (Phi) is 4.09. The standard InChI is InChI=1S/C13H10ClF2NS/c14-9-2-1-8(12(17)5-9)7-18-13-4-3-10(15)6-11(13)16/h1-6H,7,17H2. The van der Waals surface area contributed by atoms with Crippen LogP contribution < -0.4 is 5.73 Å². The third kappa shape index (κ3) is 3.15. The Morgan fingerprint density at radius 2 is 1.89 bits per heavy atom. The van der Waals surface area contributed by atoms with Gasteiger partial charge < -0.3 is 5.73 Å². The van der Waals surface area contributed by atoms with Gasteiger partial charge in [0.05, 0.1) is 0 Å². The van der Waals surface area contributed by atoms with E-state index in [0.29, 0.717) is 21.4 Å². The Morgan fingerprint density at radius 1 is 1.11 bits per heavy atom. The SMILES string of the molecule is Nc1cc(Cl)ccc1CSc1ccc(F)cc1F. The van der Waals surface area contributed by atoms with E-state index >= 15 is 0 Å². The first-order valence-electron chi connectivity index (χ1n) is 5.18. The van der Waals surface area contributed by atoms with Crippen LogP contribution in [0.25, 0.3) is 0 Å². The summed E-state index contributed by atoms with van der Waals surface area (Å²) in [6, 6.07) is 8.70. The fraction of sp³-hybridized carbons (Fsp3) is 0.0769. The summed E-state index contributed by atoms with van der Waals surface area (Å²) >= 11 is 7.05. The highest BCUT2D eigenvalue weighted by molar-refractivity contribution is 7.98. The summed E-state index contributed by atoms with van der Waals surface area (Å²) in [5.74, 6) is -0.638. The predicted molar refractivity (Wildman–Crippen MR) is 71.8 cm³/mol. The number of benzene rings is 2. The van der Waals surface area contributed by atoms with Crippen LogP contribution in [0.3, 0.4) is 0 Å². The molecule has 5 heteroatoms. The van der Waals surface area contributed by atoms with Crippen LogP contribution in [0.4, 0.5) is 14.5 Å². The fourth-order valence-electron chi connectivity index (χ4n) is 1.45. The summed E-state index contributed by atoms with van der Waals surface area (Å²) in [6.45, 7) is 0. The van der Waals surface area contributed by atoms with E-state index in [9.17, 15) is 8.78 Å². The predicted octanol–water partition coefficient (Wildman–Crippen LogP) is 4.49. The first-order valence-corrected chi connectivity index (χ1v) is 6.54. The molecule has 0 aliphatic carbocycles. The minimum atomic E-state index is -0.581. The number of rotatable bonds is 3. The van der Waals surface area contributed by atoms with Gasteiger partial charge in [-0.1, -0.05) is 17.7 Å². The summed E-state index contributed by atoms with van der Waals surface area (Å²) in [5.41, 5.74) is 7.23. The number of thioether (sulfide) groups is 1. The van der Waals surface area contributed by atoms with Crippen LogP contribution in [0.1, 0.15) is 5.56 Å². The zero-order valence-corrected chi connectivity index (χ0v) is 10.9. The molecule has 0 fully saturated rings. The molecule has 0 atom stereocenters. The molecule has 0 heterocycles. The Morgan fingerprint density at radius 3 is 2.56 bits per heavy atom. The molecule has 1 nitrogen and oxygen atoms in total. The van der Waals surface area contributed by atoms with Crippen LogP contribution in [0.5, 0.6) is 0 Å². The number of hydrogen-bond donors (Lipinski definition) is 1. The smallest absolute Gasteiger partial charge is 0.139 e. The summed E-state index contributed by atoms with van der Waals surface area (Å²) in [7, 11) is 0. The lowest BCUT2D eigenvalue weighted by Crippen LogP contribution is -1.93. The van der Waals surface area contributed by atoms with Crippen molar-refractivity contribution >= 4 is 29.1 Å². The molecule has 94 valence electrons. The van der Waals surface area contributed by atoms with Crippen molar-refractivity contribution in [3.8, 4) is 0 Å². The molecule has 0 aromatic heterocycles. The molecule has 2 rings (SSSR count). The van der Waals surface area contributed by atoms with E-state index in [0.717, 1.165) is 11.6 Å². The highest BCUT2D eigenvalue weighted by atomic mass is 35.5. The van der Waals surface area contributed by atoms with Gasteiger partial charge in [-0.3, -0.25) is 0 Å². The van der Waals surface area contributed by atoms with Crippen LogP contribution in [0.2, 0.25) is 5.02 Å². The molecular formula is C13H10ClF2NS. The molecule has 0 unspecified atom stereocenters. The van der Waals surface area contributed by atoms with Crippen LogP contribution in [0.15, 0.2) is 41.3 Å². The lowest BCUT2D eigenvalue weighted by Gasteiger charge is -2.06. The van der Waals surface area contributed by atoms with Crippen molar-refractivity contribution in [1.29, 1.82) is 0 Å². The van der Waals surface area contributed by atoms with Crippen molar-refractivity contribution in [2.45, 2.75) is 10.6 Å². The van der Waals surface area contributed by atoms with Gasteiger partial charge in [-0.15, -0.1) is 11.8 Å². The maximum absolute atomic E-state index is 13.4. The average Bonchev–Trinajstić information content (AvgIpc) is 2.30. The van der Waals surface area contributed by atoms with E-state index in [2.05, 4.69) is 0 Å². The quantitative estimate of drug-likeness (QED) is 0.664. The normalized spacial score (nSPS) is 10.6. The van der Waals surface area contributed by atoms with Crippen LogP contribution in [-0.2, 0) is 5.75 Å². The van der Waals surface area contributed by atoms with Gasteiger partial charge in [0.1, 0.15) is 11.6 Å². The van der Waals surface area contributed by atoms with Gasteiger partial charge in [0.15, 0.2) is 0 Å². The van der Waals surface area contributed by atoms with Gasteiger partial charge in [0.25, 0.3) is 0 Å². The van der Waals surface area contributed by atoms with E-state index in [1.807, 2.05) is 0 Å². The first-order chi connectivity index (χ1) is 8.56. The zero-order chi connectivity index (χ0) is 13.1.